The van der Waals surface area contributed by atoms with Crippen LogP contribution in [0.4, 0.5) is 0 Å². The lowest BCUT2D eigenvalue weighted by atomic mass is 9.93. The Bertz CT molecular complexity index is 1150. The van der Waals surface area contributed by atoms with Gasteiger partial charge < -0.3 is 4.57 Å². The Kier molecular flexibility index (Phi) is 4.25. The molecule has 142 valence electrons. The first kappa shape index (κ1) is 17.5. The second-order valence-electron chi connectivity index (χ2n) is 8.36. The van der Waals surface area contributed by atoms with Gasteiger partial charge in [0.25, 0.3) is 0 Å². The molecule has 0 amide bonds. The molecule has 0 aliphatic carbocycles. The molecule has 2 unspecified atom stereocenters. The average Bonchev–Trinajstić information content (AvgIpc) is 3.03. The highest BCUT2D eigenvalue weighted by molar-refractivity contribution is 5.86. The van der Waals surface area contributed by atoms with Crippen LogP contribution in [0.15, 0.2) is 66.7 Å². The number of hydrogen-bond donors (Lipinski definition) is 0. The number of nitrogens with zero attached hydrogens (tertiary/aromatic N) is 2. The van der Waals surface area contributed by atoms with Gasteiger partial charge in [-0.15, -0.1) is 0 Å². The Labute approximate surface area is 167 Å². The molecule has 0 bridgehead atoms. The van der Waals surface area contributed by atoms with Gasteiger partial charge in [0.1, 0.15) is 0 Å². The molecule has 2 nitrogen and oxygen atoms in total. The van der Waals surface area contributed by atoms with Gasteiger partial charge in [0.2, 0.25) is 0 Å². The molecule has 0 saturated heterocycles. The maximum absolute atomic E-state index is 2.60. The van der Waals surface area contributed by atoms with E-state index in [9.17, 15) is 0 Å². The lowest BCUT2D eigenvalue weighted by Crippen LogP contribution is -2.38. The largest absolute Gasteiger partial charge is 0.344 e. The van der Waals surface area contributed by atoms with E-state index in [1.54, 1.807) is 5.69 Å². The van der Waals surface area contributed by atoms with E-state index in [2.05, 4.69) is 97.1 Å². The highest BCUT2D eigenvalue weighted by Gasteiger charge is 2.31. The molecule has 2 heterocycles. The summed E-state index contributed by atoms with van der Waals surface area (Å²) in [7, 11) is 2.26. The quantitative estimate of drug-likeness (QED) is 0.432. The van der Waals surface area contributed by atoms with Crippen molar-refractivity contribution >= 4 is 21.7 Å². The minimum Gasteiger partial charge on any atom is -0.344 e. The number of aryl methyl sites for hydroxylation is 2. The number of hydrogen-bond acceptors (Lipinski definition) is 1. The molecule has 0 saturated carbocycles. The third kappa shape index (κ3) is 2.75. The third-order valence-corrected chi connectivity index (χ3v) is 6.77. The van der Waals surface area contributed by atoms with Crippen LogP contribution in [0.5, 0.6) is 0 Å². The van der Waals surface area contributed by atoms with Crippen molar-refractivity contribution < 1.29 is 0 Å². The lowest BCUT2D eigenvalue weighted by molar-refractivity contribution is 0.177. The van der Waals surface area contributed by atoms with E-state index in [4.69, 9.17) is 0 Å². The maximum atomic E-state index is 2.60. The summed E-state index contributed by atoms with van der Waals surface area (Å²) in [5, 5.41) is 4.09. The number of benzene rings is 3. The second-order valence-corrected chi connectivity index (χ2v) is 8.36. The van der Waals surface area contributed by atoms with E-state index in [1.807, 2.05) is 0 Å². The molecule has 0 fully saturated rings. The zero-order chi connectivity index (χ0) is 19.3. The van der Waals surface area contributed by atoms with Crippen LogP contribution in [-0.2, 0) is 19.4 Å². The summed E-state index contributed by atoms with van der Waals surface area (Å²) in [4.78, 5) is 2.52. The molecule has 0 spiro atoms. The maximum Gasteiger partial charge on any atom is 0.0486 e. The van der Waals surface area contributed by atoms with Crippen molar-refractivity contribution in [2.75, 3.05) is 7.05 Å². The number of para-hydroxylation sites is 1. The van der Waals surface area contributed by atoms with Crippen LogP contribution < -0.4 is 0 Å². The summed E-state index contributed by atoms with van der Waals surface area (Å²) in [6, 6.07) is 25.5. The van der Waals surface area contributed by atoms with Crippen molar-refractivity contribution in [2.45, 2.75) is 45.3 Å². The van der Waals surface area contributed by atoms with Gasteiger partial charge in [-0.3, -0.25) is 4.90 Å². The van der Waals surface area contributed by atoms with Gasteiger partial charge in [-0.25, -0.2) is 0 Å². The second kappa shape index (κ2) is 6.79. The van der Waals surface area contributed by atoms with Gasteiger partial charge in [-0.1, -0.05) is 60.7 Å². The Morgan fingerprint density at radius 3 is 2.50 bits per heavy atom. The number of fused-ring (bicyclic) bond motifs is 4. The standard InChI is InChI=1S/C26H28N2/c1-18-16-25-26(19(2)27(18)3)23-10-6-7-11-24(23)28(25)15-14-20-12-13-21-8-4-5-9-22(21)17-20/h4-13,17-19H,14-16H2,1-3H3. The minimum absolute atomic E-state index is 0.463. The highest BCUT2D eigenvalue weighted by Crippen LogP contribution is 2.39. The van der Waals surface area contributed by atoms with Gasteiger partial charge in [0.05, 0.1) is 0 Å². The molecular weight excluding hydrogens is 340 g/mol. The number of likely N-dealkylation sites (N-methyl/N-ethyl adjacent to an activating group) is 1. The van der Waals surface area contributed by atoms with Crippen molar-refractivity contribution in [1.29, 1.82) is 0 Å². The number of aromatic nitrogens is 1. The number of rotatable bonds is 3. The molecule has 1 aliphatic heterocycles. The Morgan fingerprint density at radius 1 is 0.893 bits per heavy atom. The molecule has 1 aliphatic rings. The van der Waals surface area contributed by atoms with E-state index in [0.717, 1.165) is 19.4 Å². The van der Waals surface area contributed by atoms with Gasteiger partial charge >= 0.3 is 0 Å². The van der Waals surface area contributed by atoms with E-state index >= 15 is 0 Å². The van der Waals surface area contributed by atoms with Crippen LogP contribution in [0.25, 0.3) is 21.7 Å². The van der Waals surface area contributed by atoms with Crippen LogP contribution in [0.2, 0.25) is 0 Å². The monoisotopic (exact) mass is 368 g/mol. The smallest absolute Gasteiger partial charge is 0.0486 e. The van der Waals surface area contributed by atoms with Crippen LogP contribution in [0, 0.1) is 0 Å². The fourth-order valence-corrected chi connectivity index (χ4v) is 4.97. The van der Waals surface area contributed by atoms with Crippen molar-refractivity contribution in [3.63, 3.8) is 0 Å². The fraction of sp³-hybridized carbons (Fsp3) is 0.308. The topological polar surface area (TPSA) is 8.17 Å². The van der Waals surface area contributed by atoms with Crippen molar-refractivity contribution in [2.24, 2.45) is 0 Å². The molecule has 4 aromatic rings. The summed E-state index contributed by atoms with van der Waals surface area (Å²) in [5.74, 6) is 0. The fourth-order valence-electron chi connectivity index (χ4n) is 4.97. The molecule has 2 atom stereocenters. The van der Waals surface area contributed by atoms with E-state index in [1.165, 1.54) is 32.8 Å². The minimum atomic E-state index is 0.463. The molecule has 28 heavy (non-hydrogen) atoms. The van der Waals surface area contributed by atoms with Gasteiger partial charge in [0, 0.05) is 41.6 Å². The predicted octanol–water partition coefficient (Wildman–Crippen LogP) is 5.97. The molecular formula is C26H28N2. The van der Waals surface area contributed by atoms with Crippen LogP contribution in [0.1, 0.15) is 36.7 Å². The Balaban J connectivity index is 1.54. The van der Waals surface area contributed by atoms with Crippen molar-refractivity contribution in [1.82, 2.24) is 9.47 Å². The molecule has 0 N–H and O–H groups in total. The molecule has 0 radical (unpaired) electrons. The first-order chi connectivity index (χ1) is 13.6. The van der Waals surface area contributed by atoms with Gasteiger partial charge in [-0.05, 0) is 55.3 Å². The zero-order valence-electron chi connectivity index (χ0n) is 17.0. The first-order valence-corrected chi connectivity index (χ1v) is 10.4. The van der Waals surface area contributed by atoms with E-state index in [0.29, 0.717) is 12.1 Å². The molecule has 1 aromatic heterocycles. The summed E-state index contributed by atoms with van der Waals surface area (Å²) in [6.07, 6.45) is 2.19. The molecule has 5 rings (SSSR count). The van der Waals surface area contributed by atoms with E-state index in [-0.39, 0.29) is 0 Å². The van der Waals surface area contributed by atoms with Crippen LogP contribution in [-0.4, -0.2) is 22.6 Å². The zero-order valence-corrected chi connectivity index (χ0v) is 17.0. The summed E-state index contributed by atoms with van der Waals surface area (Å²) < 4.78 is 2.60. The predicted molar refractivity (Wildman–Crippen MR) is 119 cm³/mol. The van der Waals surface area contributed by atoms with Gasteiger partial charge in [0.15, 0.2) is 0 Å². The summed E-state index contributed by atoms with van der Waals surface area (Å²) in [5.41, 5.74) is 5.89. The normalized spacial score (nSPS) is 20.0. The van der Waals surface area contributed by atoms with Crippen molar-refractivity contribution in [3.05, 3.63) is 83.6 Å². The Hall–Kier alpha value is -2.58. The lowest BCUT2D eigenvalue weighted by Gasteiger charge is -2.36. The van der Waals surface area contributed by atoms with Crippen LogP contribution >= 0.6 is 0 Å². The molecule has 3 aromatic carbocycles. The highest BCUT2D eigenvalue weighted by atomic mass is 15.2. The van der Waals surface area contributed by atoms with Crippen LogP contribution in [0.3, 0.4) is 0 Å². The van der Waals surface area contributed by atoms with Crippen molar-refractivity contribution in [3.8, 4) is 0 Å². The summed E-state index contributed by atoms with van der Waals surface area (Å²) in [6.45, 7) is 5.75. The third-order valence-electron chi connectivity index (χ3n) is 6.77. The van der Waals surface area contributed by atoms with E-state index < -0.39 is 0 Å². The molecule has 2 heteroatoms. The van der Waals surface area contributed by atoms with Gasteiger partial charge in [-0.2, -0.15) is 0 Å². The SMILES string of the molecule is CC1Cc2c(c3ccccc3n2CCc2ccc3ccccc3c2)C(C)N1C. The average molecular weight is 369 g/mol. The summed E-state index contributed by atoms with van der Waals surface area (Å²) >= 11 is 0. The Morgan fingerprint density at radius 2 is 1.64 bits per heavy atom. The first-order valence-electron chi connectivity index (χ1n) is 10.4.